The number of carbonyl (C=O) groups excluding carboxylic acids is 2. The predicted molar refractivity (Wildman–Crippen MR) is 60.3 cm³/mol. The van der Waals surface area contributed by atoms with E-state index in [4.69, 9.17) is 4.74 Å². The molecule has 0 saturated carbocycles. The zero-order valence-electron chi connectivity index (χ0n) is 9.84. The van der Waals surface area contributed by atoms with Crippen molar-refractivity contribution >= 4 is 11.9 Å². The Morgan fingerprint density at radius 1 is 1.59 bits per heavy atom. The predicted octanol–water partition coefficient (Wildman–Crippen LogP) is 1.16. The number of amides is 1. The summed E-state index contributed by atoms with van der Waals surface area (Å²) in [7, 11) is 1.32. The summed E-state index contributed by atoms with van der Waals surface area (Å²) in [6, 6.07) is 2.69. The fraction of sp³-hybridized carbons (Fsp3) is 0.417. The molecule has 1 aliphatic heterocycles. The molecule has 1 amide bonds. The molecule has 1 aromatic heterocycles. The molecule has 2 heterocycles. The Balaban J connectivity index is 2.45. The van der Waals surface area contributed by atoms with E-state index in [1.54, 1.807) is 18.3 Å². The highest BCUT2D eigenvalue weighted by molar-refractivity contribution is 6.03. The third-order valence-electron chi connectivity index (χ3n) is 2.79. The number of aromatic nitrogens is 1. The molecule has 0 aromatic carbocycles. The summed E-state index contributed by atoms with van der Waals surface area (Å²) in [5, 5.41) is 0. The first-order valence-electron chi connectivity index (χ1n) is 5.54. The normalized spacial score (nSPS) is 18.1. The van der Waals surface area contributed by atoms with E-state index in [2.05, 4.69) is 4.98 Å². The number of ether oxygens (including phenoxy) is 1. The fourth-order valence-electron chi connectivity index (χ4n) is 2.06. The van der Waals surface area contributed by atoms with Crippen molar-refractivity contribution in [3.05, 3.63) is 29.6 Å². The third kappa shape index (κ3) is 1.77. The van der Waals surface area contributed by atoms with Gasteiger partial charge >= 0.3 is 5.97 Å². The molecule has 5 nitrogen and oxygen atoms in total. The summed E-state index contributed by atoms with van der Waals surface area (Å²) >= 11 is 0. The van der Waals surface area contributed by atoms with Crippen molar-refractivity contribution in [1.29, 1.82) is 0 Å². The zero-order valence-corrected chi connectivity index (χ0v) is 9.84. The van der Waals surface area contributed by atoms with E-state index >= 15 is 0 Å². The lowest BCUT2D eigenvalue weighted by molar-refractivity contribution is -0.146. The van der Waals surface area contributed by atoms with Crippen LogP contribution in [0.4, 0.5) is 0 Å². The van der Waals surface area contributed by atoms with Crippen molar-refractivity contribution < 1.29 is 14.3 Å². The Bertz CT molecular complexity index is 459. The lowest BCUT2D eigenvalue weighted by atomic mass is 10.1. The van der Waals surface area contributed by atoms with Crippen LogP contribution in [0, 0.1) is 0 Å². The van der Waals surface area contributed by atoms with Crippen LogP contribution in [0.2, 0.25) is 0 Å². The highest BCUT2D eigenvalue weighted by Gasteiger charge is 2.42. The molecule has 0 N–H and O–H groups in total. The first-order chi connectivity index (χ1) is 8.20. The first kappa shape index (κ1) is 11.6. The highest BCUT2D eigenvalue weighted by atomic mass is 16.5. The molecule has 1 aromatic rings. The van der Waals surface area contributed by atoms with Crippen molar-refractivity contribution in [3.63, 3.8) is 0 Å². The van der Waals surface area contributed by atoms with Gasteiger partial charge in [0, 0.05) is 12.7 Å². The number of pyridine rings is 1. The molecule has 0 aliphatic carbocycles. The molecule has 0 spiro atoms. The Morgan fingerprint density at radius 2 is 2.35 bits per heavy atom. The molecule has 1 unspecified atom stereocenters. The van der Waals surface area contributed by atoms with Gasteiger partial charge in [-0.05, 0) is 18.6 Å². The number of hydrogen-bond acceptors (Lipinski definition) is 4. The Morgan fingerprint density at radius 3 is 3.00 bits per heavy atom. The molecule has 17 heavy (non-hydrogen) atoms. The van der Waals surface area contributed by atoms with Crippen molar-refractivity contribution in [2.45, 2.75) is 19.4 Å². The number of esters is 1. The minimum atomic E-state index is -0.691. The van der Waals surface area contributed by atoms with Crippen LogP contribution in [0.15, 0.2) is 18.3 Å². The number of rotatable bonds is 3. The van der Waals surface area contributed by atoms with E-state index in [-0.39, 0.29) is 5.91 Å². The Hall–Kier alpha value is -1.91. The van der Waals surface area contributed by atoms with E-state index in [9.17, 15) is 9.59 Å². The van der Waals surface area contributed by atoms with E-state index in [0.29, 0.717) is 17.8 Å². The molecular weight excluding hydrogens is 220 g/mol. The quantitative estimate of drug-likeness (QED) is 0.736. The van der Waals surface area contributed by atoms with Crippen LogP contribution in [0.25, 0.3) is 0 Å². The molecule has 0 radical (unpaired) electrons. The topological polar surface area (TPSA) is 59.5 Å². The maximum Gasteiger partial charge on any atom is 0.334 e. The van der Waals surface area contributed by atoms with E-state index < -0.39 is 12.0 Å². The van der Waals surface area contributed by atoms with Gasteiger partial charge in [0.2, 0.25) is 0 Å². The van der Waals surface area contributed by atoms with Crippen LogP contribution >= 0.6 is 0 Å². The zero-order chi connectivity index (χ0) is 12.4. The lowest BCUT2D eigenvalue weighted by Crippen LogP contribution is -2.34. The number of nitrogens with zero attached hydrogens (tertiary/aromatic N) is 2. The first-order valence-corrected chi connectivity index (χ1v) is 5.54. The molecule has 90 valence electrons. The van der Waals surface area contributed by atoms with Gasteiger partial charge in [-0.15, -0.1) is 0 Å². The third-order valence-corrected chi connectivity index (χ3v) is 2.79. The fourth-order valence-corrected chi connectivity index (χ4v) is 2.06. The average Bonchev–Trinajstić information content (AvgIpc) is 2.63. The monoisotopic (exact) mass is 234 g/mol. The van der Waals surface area contributed by atoms with Gasteiger partial charge in [0.15, 0.2) is 6.04 Å². The van der Waals surface area contributed by atoms with Crippen LogP contribution < -0.4 is 0 Å². The van der Waals surface area contributed by atoms with Crippen LogP contribution in [-0.2, 0) is 9.53 Å². The van der Waals surface area contributed by atoms with Crippen molar-refractivity contribution in [2.24, 2.45) is 0 Å². The average molecular weight is 234 g/mol. The summed E-state index contributed by atoms with van der Waals surface area (Å²) < 4.78 is 4.74. The second kappa shape index (κ2) is 4.53. The number of carbonyl (C=O) groups is 2. The van der Waals surface area contributed by atoms with E-state index in [1.165, 1.54) is 12.0 Å². The van der Waals surface area contributed by atoms with Crippen LogP contribution in [0.1, 0.15) is 35.4 Å². The minimum absolute atomic E-state index is 0.148. The van der Waals surface area contributed by atoms with E-state index in [0.717, 1.165) is 6.42 Å². The summed E-state index contributed by atoms with van der Waals surface area (Å²) in [5.41, 5.74) is 0.995. The smallest absolute Gasteiger partial charge is 0.334 e. The molecule has 0 saturated heterocycles. The van der Waals surface area contributed by atoms with Gasteiger partial charge in [0.25, 0.3) is 5.91 Å². The van der Waals surface area contributed by atoms with Gasteiger partial charge in [-0.1, -0.05) is 6.92 Å². The number of fused-ring (bicyclic) bond motifs is 1. The second-order valence-electron chi connectivity index (χ2n) is 3.86. The van der Waals surface area contributed by atoms with Crippen molar-refractivity contribution in [3.8, 4) is 0 Å². The van der Waals surface area contributed by atoms with Gasteiger partial charge < -0.3 is 9.64 Å². The summed E-state index contributed by atoms with van der Waals surface area (Å²) in [6.45, 7) is 2.48. The van der Waals surface area contributed by atoms with Gasteiger partial charge in [0.1, 0.15) is 0 Å². The standard InChI is InChI=1S/C12H14N2O3/c1-3-7-14-10(12(16)17-2)9-8(11(14)15)5-4-6-13-9/h4-6,10H,3,7H2,1-2H3. The number of hydrogen-bond donors (Lipinski definition) is 0. The van der Waals surface area contributed by atoms with Crippen molar-refractivity contribution in [1.82, 2.24) is 9.88 Å². The van der Waals surface area contributed by atoms with Gasteiger partial charge in [-0.2, -0.15) is 0 Å². The lowest BCUT2D eigenvalue weighted by Gasteiger charge is -2.21. The largest absolute Gasteiger partial charge is 0.467 e. The SMILES string of the molecule is CCCN1C(=O)c2cccnc2C1C(=O)OC. The van der Waals surface area contributed by atoms with E-state index in [1.807, 2.05) is 6.92 Å². The van der Waals surface area contributed by atoms with Crippen LogP contribution in [0.5, 0.6) is 0 Å². The van der Waals surface area contributed by atoms with Gasteiger partial charge in [-0.3, -0.25) is 9.78 Å². The highest BCUT2D eigenvalue weighted by Crippen LogP contribution is 2.32. The molecule has 1 atom stereocenters. The summed E-state index contributed by atoms with van der Waals surface area (Å²) in [5.74, 6) is -0.588. The molecule has 0 bridgehead atoms. The van der Waals surface area contributed by atoms with Crippen molar-refractivity contribution in [2.75, 3.05) is 13.7 Å². The molecule has 2 rings (SSSR count). The molecule has 5 heteroatoms. The van der Waals surface area contributed by atoms with Crippen LogP contribution in [0.3, 0.4) is 0 Å². The molecular formula is C12H14N2O3. The number of methoxy groups -OCH3 is 1. The summed E-state index contributed by atoms with van der Waals surface area (Å²) in [4.78, 5) is 29.5. The van der Waals surface area contributed by atoms with Gasteiger partial charge in [-0.25, -0.2) is 4.79 Å². The van der Waals surface area contributed by atoms with Gasteiger partial charge in [0.05, 0.1) is 18.4 Å². The Labute approximate surface area is 99.4 Å². The second-order valence-corrected chi connectivity index (χ2v) is 3.86. The molecule has 0 fully saturated rings. The molecule has 1 aliphatic rings. The summed E-state index contributed by atoms with van der Waals surface area (Å²) in [6.07, 6.45) is 2.37. The maximum absolute atomic E-state index is 12.1. The Kier molecular flexibility index (Phi) is 3.08. The maximum atomic E-state index is 12.1. The minimum Gasteiger partial charge on any atom is -0.467 e. The van der Waals surface area contributed by atoms with Crippen LogP contribution in [-0.4, -0.2) is 35.4 Å².